The molecule has 0 radical (unpaired) electrons. The highest BCUT2D eigenvalue weighted by Gasteiger charge is 2.32. The van der Waals surface area contributed by atoms with Gasteiger partial charge in [0.15, 0.2) is 56.8 Å². The van der Waals surface area contributed by atoms with Crippen LogP contribution < -0.4 is 14.2 Å². The van der Waals surface area contributed by atoms with Crippen molar-refractivity contribution in [1.82, 2.24) is 0 Å². The topological polar surface area (TPSA) is 113 Å². The molecule has 16 heteroatoms. The third kappa shape index (κ3) is 10.7. The van der Waals surface area contributed by atoms with Gasteiger partial charge >= 0.3 is 0 Å². The Hall–Kier alpha value is -3.93. The molecule has 3 atom stereocenters. The van der Waals surface area contributed by atoms with Crippen LogP contribution in [-0.4, -0.2) is 51.7 Å². The average Bonchev–Trinajstić information content (AvgIpc) is 3.18. The van der Waals surface area contributed by atoms with E-state index in [1.807, 2.05) is 18.2 Å². The Bertz CT molecular complexity index is 1840. The van der Waals surface area contributed by atoms with Gasteiger partial charge in [-0.25, -0.2) is 30.4 Å². The first-order valence-electron chi connectivity index (χ1n) is 17.8. The molecule has 4 aromatic rings. The molecule has 296 valence electrons. The number of rotatable bonds is 10. The van der Waals surface area contributed by atoms with Crippen molar-refractivity contribution >= 4 is 21.0 Å². The molecule has 55 heavy (non-hydrogen) atoms. The lowest BCUT2D eigenvalue weighted by atomic mass is 10.2. The van der Waals surface area contributed by atoms with E-state index in [0.717, 1.165) is 110 Å². The van der Waals surface area contributed by atoms with E-state index >= 15 is 0 Å². The second-order valence-corrected chi connectivity index (χ2v) is 16.2. The van der Waals surface area contributed by atoms with Crippen LogP contribution >= 0.6 is 0 Å². The maximum Gasteiger partial charge on any atom is 0.200 e. The highest BCUT2D eigenvalue weighted by Crippen LogP contribution is 2.37. The molecule has 0 aromatic heterocycles. The second-order valence-electron chi connectivity index (χ2n) is 12.8. The standard InChI is InChI=1S/C33H39O6S.C6HF5O3S/c1-4-19-34-31(16-1)37-25-10-7-13-28(22-25)40(29-14-8-11-26(23-29)38-32-17-2-5-20-35-32)30-15-9-12-27(24-30)39-33-18-3-6-21-36-33;7-1-2(8)4(10)6(15(12,13)14)5(11)3(1)9/h7-15,22-24,31-33H,1-6,16-21H2;(H,12,13,14)/q+1;/p-1. The second kappa shape index (κ2) is 18.8. The van der Waals surface area contributed by atoms with Crippen molar-refractivity contribution < 1.29 is 63.3 Å². The smallest absolute Gasteiger partial charge is 0.200 e. The fourth-order valence-electron chi connectivity index (χ4n) is 6.10. The van der Waals surface area contributed by atoms with Gasteiger partial charge < -0.3 is 33.0 Å². The van der Waals surface area contributed by atoms with Gasteiger partial charge in [-0.1, -0.05) is 18.2 Å². The van der Waals surface area contributed by atoms with Crippen molar-refractivity contribution in [3.05, 3.63) is 102 Å². The minimum absolute atomic E-state index is 0.190. The van der Waals surface area contributed by atoms with Crippen molar-refractivity contribution in [2.45, 2.75) is 96.2 Å². The quantitative estimate of drug-likeness (QED) is 0.0510. The molecule has 0 bridgehead atoms. The molecule has 0 N–H and O–H groups in total. The van der Waals surface area contributed by atoms with E-state index in [1.54, 1.807) is 0 Å². The summed E-state index contributed by atoms with van der Waals surface area (Å²) in [4.78, 5) is 1.10. The van der Waals surface area contributed by atoms with E-state index in [0.29, 0.717) is 0 Å². The molecule has 3 aliphatic heterocycles. The summed E-state index contributed by atoms with van der Waals surface area (Å²) in [5.74, 6) is -10.3. The van der Waals surface area contributed by atoms with E-state index in [2.05, 4.69) is 54.6 Å². The van der Waals surface area contributed by atoms with Crippen molar-refractivity contribution in [3.8, 4) is 17.2 Å². The third-order valence-electron chi connectivity index (χ3n) is 8.76. The SMILES string of the molecule is O=S(=O)([O-])c1c(F)c(F)c(F)c(F)c1F.c1cc(OC2CCCCO2)cc([S+](c2cccc(OC3CCCCO3)c2)c2cccc(OC3CCCCO3)c2)c1. The van der Waals surface area contributed by atoms with E-state index in [1.165, 1.54) is 0 Å². The molecule has 0 amide bonds. The largest absolute Gasteiger partial charge is 0.744 e. The maximum atomic E-state index is 12.6. The van der Waals surface area contributed by atoms with Crippen LogP contribution in [0.5, 0.6) is 17.2 Å². The van der Waals surface area contributed by atoms with Crippen LogP contribution in [0.25, 0.3) is 0 Å². The summed E-state index contributed by atoms with van der Waals surface area (Å²) in [5, 5.41) is 0. The highest BCUT2D eigenvalue weighted by molar-refractivity contribution is 7.97. The Labute approximate surface area is 318 Å². The van der Waals surface area contributed by atoms with Crippen LogP contribution in [0.2, 0.25) is 0 Å². The summed E-state index contributed by atoms with van der Waals surface area (Å²) in [7, 11) is -6.20. The van der Waals surface area contributed by atoms with Gasteiger partial charge in [-0.2, -0.15) is 0 Å². The number of ether oxygens (including phenoxy) is 6. The fraction of sp³-hybridized carbons (Fsp3) is 0.385. The maximum absolute atomic E-state index is 12.6. The Kier molecular flexibility index (Phi) is 13.9. The van der Waals surface area contributed by atoms with Gasteiger partial charge in [0.1, 0.15) is 32.3 Å². The Morgan fingerprint density at radius 2 is 0.855 bits per heavy atom. The lowest BCUT2D eigenvalue weighted by Crippen LogP contribution is -2.25. The normalized spacial score (nSPS) is 20.8. The highest BCUT2D eigenvalue weighted by atomic mass is 32.2. The molecule has 7 rings (SSSR count). The molecule has 3 unspecified atom stereocenters. The predicted molar refractivity (Wildman–Crippen MR) is 188 cm³/mol. The first kappa shape index (κ1) is 40.7. The summed E-state index contributed by atoms with van der Waals surface area (Å²) < 4.78 is 129. The molecule has 3 fully saturated rings. The lowest BCUT2D eigenvalue weighted by Gasteiger charge is -2.24. The number of benzene rings is 4. The molecular formula is C39H39F5O9S2. The van der Waals surface area contributed by atoms with Crippen molar-refractivity contribution in [2.24, 2.45) is 0 Å². The molecule has 0 aliphatic carbocycles. The minimum Gasteiger partial charge on any atom is -0.744 e. The zero-order valence-corrected chi connectivity index (χ0v) is 31.2. The first-order valence-corrected chi connectivity index (χ1v) is 20.5. The third-order valence-corrected chi connectivity index (χ3v) is 11.8. The van der Waals surface area contributed by atoms with Crippen molar-refractivity contribution in [2.75, 3.05) is 19.8 Å². The predicted octanol–water partition coefficient (Wildman–Crippen LogP) is 8.78. The average molecular weight is 811 g/mol. The van der Waals surface area contributed by atoms with E-state index < -0.39 is 55.0 Å². The molecule has 3 aliphatic rings. The van der Waals surface area contributed by atoms with E-state index in [-0.39, 0.29) is 18.9 Å². The van der Waals surface area contributed by atoms with Gasteiger partial charge in [-0.05, 0) is 74.9 Å². The van der Waals surface area contributed by atoms with Gasteiger partial charge in [0.05, 0.1) is 30.7 Å². The summed E-state index contributed by atoms with van der Waals surface area (Å²) in [6.07, 6.45) is 8.86. The van der Waals surface area contributed by atoms with Gasteiger partial charge in [-0.15, -0.1) is 0 Å². The molecule has 0 saturated carbocycles. The van der Waals surface area contributed by atoms with Crippen LogP contribution in [0, 0.1) is 29.1 Å². The number of hydrogen-bond acceptors (Lipinski definition) is 9. The van der Waals surface area contributed by atoms with Gasteiger partial charge in [0.2, 0.25) is 5.82 Å². The summed E-state index contributed by atoms with van der Waals surface area (Å²) in [6, 6.07) is 25.2. The van der Waals surface area contributed by atoms with Gasteiger partial charge in [0.25, 0.3) is 0 Å². The minimum atomic E-state index is -5.77. The Morgan fingerprint density at radius 3 is 1.15 bits per heavy atom. The van der Waals surface area contributed by atoms with Gasteiger partial charge in [0, 0.05) is 37.5 Å². The Balaban J connectivity index is 0.000000289. The summed E-state index contributed by atoms with van der Waals surface area (Å²) in [5.41, 5.74) is 0. The van der Waals surface area contributed by atoms with Crippen molar-refractivity contribution in [1.29, 1.82) is 0 Å². The van der Waals surface area contributed by atoms with Crippen LogP contribution in [0.15, 0.2) is 92.4 Å². The van der Waals surface area contributed by atoms with Crippen molar-refractivity contribution in [3.63, 3.8) is 0 Å². The fourth-order valence-corrected chi connectivity index (χ4v) is 8.88. The summed E-state index contributed by atoms with van der Waals surface area (Å²) >= 11 is 0. The molecule has 3 saturated heterocycles. The van der Waals surface area contributed by atoms with Crippen LogP contribution in [-0.2, 0) is 35.2 Å². The van der Waals surface area contributed by atoms with Crippen LogP contribution in [0.1, 0.15) is 57.8 Å². The zero-order valence-electron chi connectivity index (χ0n) is 29.5. The lowest BCUT2D eigenvalue weighted by molar-refractivity contribution is -0.106. The monoisotopic (exact) mass is 810 g/mol. The zero-order chi connectivity index (χ0) is 39.0. The summed E-state index contributed by atoms with van der Waals surface area (Å²) in [6.45, 7) is 2.26. The molecular weight excluding hydrogens is 772 g/mol. The molecule has 4 aromatic carbocycles. The van der Waals surface area contributed by atoms with E-state index in [4.69, 9.17) is 28.4 Å². The number of hydrogen-bond donors (Lipinski definition) is 0. The Morgan fingerprint density at radius 1 is 0.527 bits per heavy atom. The number of halogens is 5. The van der Waals surface area contributed by atoms with E-state index in [9.17, 15) is 34.9 Å². The first-order chi connectivity index (χ1) is 26.5. The molecule has 3 heterocycles. The molecule has 9 nitrogen and oxygen atoms in total. The van der Waals surface area contributed by atoms with Crippen LogP contribution in [0.4, 0.5) is 22.0 Å². The molecule has 0 spiro atoms. The van der Waals surface area contributed by atoms with Gasteiger partial charge in [-0.3, -0.25) is 0 Å². The van der Waals surface area contributed by atoms with Crippen LogP contribution in [0.3, 0.4) is 0 Å².